The van der Waals surface area contributed by atoms with Crippen molar-refractivity contribution in [2.24, 2.45) is 0 Å². The Morgan fingerprint density at radius 2 is 2.06 bits per heavy atom. The van der Waals surface area contributed by atoms with Crippen LogP contribution in [0.5, 0.6) is 0 Å². The Kier molecular flexibility index (Phi) is 3.67. The summed E-state index contributed by atoms with van der Waals surface area (Å²) in [6.07, 6.45) is -0.0215. The molecular weight excluding hydrogens is 224 g/mol. The van der Waals surface area contributed by atoms with Gasteiger partial charge in [-0.15, -0.1) is 0 Å². The number of fused-ring (bicyclic) bond motifs is 1. The summed E-state index contributed by atoms with van der Waals surface area (Å²) in [5.41, 5.74) is 0. The Balaban J connectivity index is 2.07. The number of nitrogens with zero attached hydrogens (tertiary/aromatic N) is 1. The van der Waals surface area contributed by atoms with Crippen LogP contribution in [0.25, 0.3) is 0 Å². The molecule has 98 valence electrons. The zero-order valence-corrected chi connectivity index (χ0v) is 9.91. The summed E-state index contributed by atoms with van der Waals surface area (Å²) in [7, 11) is 0. The number of carbonyl (C=O) groups excluding carboxylic acids is 1. The van der Waals surface area contributed by atoms with Gasteiger partial charge >= 0.3 is 0 Å². The molecule has 2 saturated heterocycles. The first-order valence-corrected chi connectivity index (χ1v) is 6.03. The van der Waals surface area contributed by atoms with Crippen molar-refractivity contribution in [1.29, 1.82) is 0 Å². The van der Waals surface area contributed by atoms with Crippen LogP contribution in [0.3, 0.4) is 0 Å². The summed E-state index contributed by atoms with van der Waals surface area (Å²) < 4.78 is 0. The van der Waals surface area contributed by atoms with E-state index in [0.29, 0.717) is 19.4 Å². The normalized spacial score (nSPS) is 41.5. The monoisotopic (exact) mass is 244 g/mol. The highest BCUT2D eigenvalue weighted by Crippen LogP contribution is 2.36. The number of carbonyl (C=O) groups is 1. The lowest BCUT2D eigenvalue weighted by molar-refractivity contribution is -0.119. The maximum absolute atomic E-state index is 10.9. The van der Waals surface area contributed by atoms with Crippen LogP contribution in [0, 0.1) is 0 Å². The average molecular weight is 244 g/mol. The van der Waals surface area contributed by atoms with Gasteiger partial charge in [0.1, 0.15) is 0 Å². The standard InChI is InChI=1S/C11H20N2O4/c1-6(15)12-4-9-11(17)3-8-10(16)2-7(5-14)13(8)9/h7-11,14,16-17H,2-5H2,1H3,(H,12,15)/t7-,8-,9+,10+,11-/m0/s1. The summed E-state index contributed by atoms with van der Waals surface area (Å²) in [6.45, 7) is 1.76. The zero-order valence-electron chi connectivity index (χ0n) is 9.91. The van der Waals surface area contributed by atoms with Gasteiger partial charge in [0.05, 0.1) is 24.9 Å². The van der Waals surface area contributed by atoms with Gasteiger partial charge in [-0.3, -0.25) is 9.69 Å². The quantitative estimate of drug-likeness (QED) is 0.463. The van der Waals surface area contributed by atoms with Crippen molar-refractivity contribution in [3.63, 3.8) is 0 Å². The number of amides is 1. The Bertz CT molecular complexity index is 299. The SMILES string of the molecule is CC(=O)NC[C@@H]1[C@@H](O)C[C@H]2[C@H](O)C[C@@H](CO)N12. The Labute approximate surface area is 100 Å². The van der Waals surface area contributed by atoms with Gasteiger partial charge < -0.3 is 20.6 Å². The van der Waals surface area contributed by atoms with Crippen LogP contribution in [0.1, 0.15) is 19.8 Å². The summed E-state index contributed by atoms with van der Waals surface area (Å²) in [6, 6.07) is -0.426. The van der Waals surface area contributed by atoms with Crippen LogP contribution in [-0.4, -0.2) is 69.6 Å². The van der Waals surface area contributed by atoms with Crippen molar-refractivity contribution in [2.75, 3.05) is 13.2 Å². The largest absolute Gasteiger partial charge is 0.395 e. The first-order chi connectivity index (χ1) is 8.04. The van der Waals surface area contributed by atoms with Gasteiger partial charge in [0.25, 0.3) is 0 Å². The second kappa shape index (κ2) is 4.89. The maximum Gasteiger partial charge on any atom is 0.216 e. The topological polar surface area (TPSA) is 93.0 Å². The summed E-state index contributed by atoms with van der Waals surface area (Å²) in [4.78, 5) is 12.9. The highest BCUT2D eigenvalue weighted by atomic mass is 16.3. The fraction of sp³-hybridized carbons (Fsp3) is 0.909. The first-order valence-electron chi connectivity index (χ1n) is 6.03. The van der Waals surface area contributed by atoms with Gasteiger partial charge in [0, 0.05) is 25.6 Å². The maximum atomic E-state index is 10.9. The predicted molar refractivity (Wildman–Crippen MR) is 60.2 cm³/mol. The smallest absolute Gasteiger partial charge is 0.216 e. The molecule has 0 bridgehead atoms. The molecule has 1 amide bonds. The van der Waals surface area contributed by atoms with E-state index >= 15 is 0 Å². The van der Waals surface area contributed by atoms with Crippen molar-refractivity contribution < 1.29 is 20.1 Å². The fourth-order valence-corrected chi connectivity index (χ4v) is 3.08. The molecule has 2 rings (SSSR count). The van der Waals surface area contributed by atoms with E-state index in [4.69, 9.17) is 0 Å². The van der Waals surface area contributed by atoms with Crippen LogP contribution in [0.4, 0.5) is 0 Å². The van der Waals surface area contributed by atoms with Gasteiger partial charge in [-0.05, 0) is 12.8 Å². The molecule has 17 heavy (non-hydrogen) atoms. The zero-order chi connectivity index (χ0) is 12.6. The van der Waals surface area contributed by atoms with Crippen LogP contribution in [0.15, 0.2) is 0 Å². The lowest BCUT2D eigenvalue weighted by Gasteiger charge is -2.30. The molecule has 2 fully saturated rings. The van der Waals surface area contributed by atoms with Crippen molar-refractivity contribution >= 4 is 5.91 Å². The number of hydrogen-bond donors (Lipinski definition) is 4. The van der Waals surface area contributed by atoms with Crippen molar-refractivity contribution in [3.05, 3.63) is 0 Å². The van der Waals surface area contributed by atoms with E-state index in [0.717, 1.165) is 0 Å². The van der Waals surface area contributed by atoms with Crippen molar-refractivity contribution in [2.45, 2.75) is 50.1 Å². The highest BCUT2D eigenvalue weighted by molar-refractivity contribution is 5.72. The molecule has 2 aliphatic heterocycles. The number of aliphatic hydroxyl groups is 3. The third kappa shape index (κ3) is 2.30. The molecule has 0 aromatic carbocycles. The third-order valence-electron chi connectivity index (χ3n) is 3.84. The molecule has 0 spiro atoms. The molecule has 0 unspecified atom stereocenters. The van der Waals surface area contributed by atoms with E-state index < -0.39 is 12.2 Å². The molecule has 0 aromatic rings. The number of hydrogen-bond acceptors (Lipinski definition) is 5. The van der Waals surface area contributed by atoms with E-state index in [1.807, 2.05) is 4.90 Å². The fourth-order valence-electron chi connectivity index (χ4n) is 3.08. The minimum Gasteiger partial charge on any atom is -0.395 e. The third-order valence-corrected chi connectivity index (χ3v) is 3.84. The molecule has 4 N–H and O–H groups in total. The highest BCUT2D eigenvalue weighted by Gasteiger charge is 2.51. The lowest BCUT2D eigenvalue weighted by Crippen LogP contribution is -2.49. The van der Waals surface area contributed by atoms with E-state index in [1.165, 1.54) is 6.92 Å². The van der Waals surface area contributed by atoms with Gasteiger partial charge in [-0.25, -0.2) is 0 Å². The van der Waals surface area contributed by atoms with Gasteiger partial charge in [0.15, 0.2) is 0 Å². The molecule has 0 saturated carbocycles. The molecule has 0 aromatic heterocycles. The van der Waals surface area contributed by atoms with E-state index in [-0.39, 0.29) is 30.6 Å². The van der Waals surface area contributed by atoms with Crippen molar-refractivity contribution in [3.8, 4) is 0 Å². The second-order valence-electron chi connectivity index (χ2n) is 4.96. The molecule has 0 radical (unpaired) electrons. The van der Waals surface area contributed by atoms with Gasteiger partial charge in [0.2, 0.25) is 5.91 Å². The van der Waals surface area contributed by atoms with Crippen LogP contribution in [0.2, 0.25) is 0 Å². The summed E-state index contributed by atoms with van der Waals surface area (Å²) >= 11 is 0. The molecule has 2 heterocycles. The molecule has 5 atom stereocenters. The molecule has 6 nitrogen and oxygen atoms in total. The number of aliphatic hydroxyl groups excluding tert-OH is 3. The summed E-state index contributed by atoms with van der Waals surface area (Å²) in [5, 5.41) is 31.8. The lowest BCUT2D eigenvalue weighted by atomic mass is 10.0. The van der Waals surface area contributed by atoms with Crippen molar-refractivity contribution in [1.82, 2.24) is 10.2 Å². The first kappa shape index (κ1) is 12.8. The second-order valence-corrected chi connectivity index (χ2v) is 4.96. The Hall–Kier alpha value is -0.690. The van der Waals surface area contributed by atoms with Gasteiger partial charge in [-0.1, -0.05) is 0 Å². The van der Waals surface area contributed by atoms with Crippen LogP contribution in [-0.2, 0) is 4.79 Å². The number of nitrogens with one attached hydrogen (secondary N) is 1. The minimum atomic E-state index is -0.559. The van der Waals surface area contributed by atoms with E-state index in [1.54, 1.807) is 0 Å². The average Bonchev–Trinajstić information content (AvgIpc) is 2.74. The molecule has 6 heteroatoms. The predicted octanol–water partition coefficient (Wildman–Crippen LogP) is -1.95. The molecule has 0 aliphatic carbocycles. The summed E-state index contributed by atoms with van der Waals surface area (Å²) in [5.74, 6) is -0.138. The van der Waals surface area contributed by atoms with E-state index in [2.05, 4.69) is 5.32 Å². The molecular formula is C11H20N2O4. The molecule has 2 aliphatic rings. The van der Waals surface area contributed by atoms with Gasteiger partial charge in [-0.2, -0.15) is 0 Å². The Morgan fingerprint density at radius 3 is 2.65 bits per heavy atom. The Morgan fingerprint density at radius 1 is 1.35 bits per heavy atom. The van der Waals surface area contributed by atoms with Crippen LogP contribution < -0.4 is 5.32 Å². The number of rotatable bonds is 3. The van der Waals surface area contributed by atoms with Crippen LogP contribution >= 0.6 is 0 Å². The minimum absolute atomic E-state index is 0.0309. The van der Waals surface area contributed by atoms with E-state index in [9.17, 15) is 20.1 Å².